The third-order valence-electron chi connectivity index (χ3n) is 2.37. The fourth-order valence-corrected chi connectivity index (χ4v) is 1.77. The molecule has 0 aromatic heterocycles. The lowest BCUT2D eigenvalue weighted by Crippen LogP contribution is -2.27. The topological polar surface area (TPSA) is 49.3 Å². The maximum Gasteiger partial charge on any atom is 0.303 e. The van der Waals surface area contributed by atoms with E-state index in [1.807, 2.05) is 0 Å². The van der Waals surface area contributed by atoms with Crippen molar-refractivity contribution < 1.29 is 9.90 Å². The summed E-state index contributed by atoms with van der Waals surface area (Å²) in [4.78, 5) is 10.4. The summed E-state index contributed by atoms with van der Waals surface area (Å²) in [7, 11) is 0. The predicted octanol–water partition coefficient (Wildman–Crippen LogP) is 0.849. The molecule has 11 heavy (non-hydrogen) atoms. The summed E-state index contributed by atoms with van der Waals surface area (Å²) >= 11 is 0. The van der Waals surface area contributed by atoms with E-state index in [0.29, 0.717) is 18.4 Å². The minimum absolute atomic E-state index is 0.325. The first-order valence-electron chi connectivity index (χ1n) is 4.19. The van der Waals surface area contributed by atoms with Crippen LogP contribution < -0.4 is 5.32 Å². The van der Waals surface area contributed by atoms with Gasteiger partial charge in [0.2, 0.25) is 0 Å². The third-order valence-corrected chi connectivity index (χ3v) is 2.37. The SMILES string of the molecule is CC[C@H]1NCC[C@@H]1CC(=O)O. The van der Waals surface area contributed by atoms with Crippen LogP contribution in [0.5, 0.6) is 0 Å². The lowest BCUT2D eigenvalue weighted by Gasteiger charge is -2.14. The Labute approximate surface area is 66.8 Å². The number of rotatable bonds is 3. The highest BCUT2D eigenvalue weighted by molar-refractivity contribution is 5.67. The molecule has 0 spiro atoms. The van der Waals surface area contributed by atoms with Crippen molar-refractivity contribution >= 4 is 5.97 Å². The zero-order valence-electron chi connectivity index (χ0n) is 6.84. The molecule has 0 bridgehead atoms. The second-order valence-electron chi connectivity index (χ2n) is 3.12. The van der Waals surface area contributed by atoms with Crippen LogP contribution in [0.25, 0.3) is 0 Å². The van der Waals surface area contributed by atoms with Crippen LogP contribution in [0.2, 0.25) is 0 Å². The molecular formula is C8H15NO2. The highest BCUT2D eigenvalue weighted by atomic mass is 16.4. The van der Waals surface area contributed by atoms with Gasteiger partial charge < -0.3 is 10.4 Å². The monoisotopic (exact) mass is 157 g/mol. The molecule has 1 rings (SSSR count). The second kappa shape index (κ2) is 3.72. The Hall–Kier alpha value is -0.570. The molecule has 0 aliphatic carbocycles. The van der Waals surface area contributed by atoms with E-state index in [2.05, 4.69) is 12.2 Å². The van der Waals surface area contributed by atoms with Crippen LogP contribution in [0.15, 0.2) is 0 Å². The molecule has 3 heteroatoms. The van der Waals surface area contributed by atoms with Gasteiger partial charge in [-0.05, 0) is 25.3 Å². The number of aliphatic carboxylic acids is 1. The molecule has 1 aliphatic heterocycles. The van der Waals surface area contributed by atoms with E-state index in [-0.39, 0.29) is 0 Å². The van der Waals surface area contributed by atoms with Crippen molar-refractivity contribution in [2.45, 2.75) is 32.2 Å². The first-order chi connectivity index (χ1) is 5.24. The quantitative estimate of drug-likeness (QED) is 0.638. The van der Waals surface area contributed by atoms with Gasteiger partial charge in [0.05, 0.1) is 0 Å². The Kier molecular flexibility index (Phi) is 2.88. The number of hydrogen-bond acceptors (Lipinski definition) is 2. The average Bonchev–Trinajstić information content (AvgIpc) is 2.34. The van der Waals surface area contributed by atoms with Crippen LogP contribution >= 0.6 is 0 Å². The summed E-state index contributed by atoms with van der Waals surface area (Å²) in [5.74, 6) is -0.311. The summed E-state index contributed by atoms with van der Waals surface area (Å²) < 4.78 is 0. The zero-order valence-corrected chi connectivity index (χ0v) is 6.84. The van der Waals surface area contributed by atoms with E-state index in [4.69, 9.17) is 5.11 Å². The van der Waals surface area contributed by atoms with E-state index >= 15 is 0 Å². The van der Waals surface area contributed by atoms with Gasteiger partial charge in [0.25, 0.3) is 0 Å². The molecule has 0 radical (unpaired) electrons. The third kappa shape index (κ3) is 2.19. The summed E-state index contributed by atoms with van der Waals surface area (Å²) in [5.41, 5.74) is 0. The normalized spacial score (nSPS) is 30.6. The first kappa shape index (κ1) is 8.53. The lowest BCUT2D eigenvalue weighted by atomic mass is 9.95. The van der Waals surface area contributed by atoms with Gasteiger partial charge in [0.1, 0.15) is 0 Å². The van der Waals surface area contributed by atoms with Gasteiger partial charge in [-0.15, -0.1) is 0 Å². The molecule has 64 valence electrons. The van der Waals surface area contributed by atoms with Crippen molar-refractivity contribution in [2.75, 3.05) is 6.54 Å². The van der Waals surface area contributed by atoms with Crippen molar-refractivity contribution in [1.29, 1.82) is 0 Å². The Balaban J connectivity index is 2.37. The molecule has 0 aromatic rings. The molecule has 0 amide bonds. The second-order valence-corrected chi connectivity index (χ2v) is 3.12. The molecule has 0 aromatic carbocycles. The summed E-state index contributed by atoms with van der Waals surface area (Å²) in [6.45, 7) is 3.08. The molecule has 0 saturated carbocycles. The molecule has 1 saturated heterocycles. The molecule has 1 aliphatic rings. The molecule has 2 atom stereocenters. The van der Waals surface area contributed by atoms with Gasteiger partial charge in [0.15, 0.2) is 0 Å². The molecule has 1 fully saturated rings. The van der Waals surface area contributed by atoms with Gasteiger partial charge in [-0.3, -0.25) is 4.79 Å². The number of carboxylic acids is 1. The predicted molar refractivity (Wildman–Crippen MR) is 42.4 cm³/mol. The van der Waals surface area contributed by atoms with E-state index in [9.17, 15) is 4.79 Å². The van der Waals surface area contributed by atoms with Crippen molar-refractivity contribution in [1.82, 2.24) is 5.32 Å². The van der Waals surface area contributed by atoms with Crippen LogP contribution in [-0.4, -0.2) is 23.7 Å². The Bertz CT molecular complexity index is 147. The molecule has 2 N–H and O–H groups in total. The number of carboxylic acid groups (broad SMARTS) is 1. The van der Waals surface area contributed by atoms with Gasteiger partial charge in [-0.25, -0.2) is 0 Å². The van der Waals surface area contributed by atoms with Crippen LogP contribution in [0.4, 0.5) is 0 Å². The number of carbonyl (C=O) groups is 1. The zero-order chi connectivity index (χ0) is 8.27. The van der Waals surface area contributed by atoms with Crippen LogP contribution in [0, 0.1) is 5.92 Å². The van der Waals surface area contributed by atoms with E-state index in [1.54, 1.807) is 0 Å². The Morgan fingerprint density at radius 3 is 3.00 bits per heavy atom. The van der Waals surface area contributed by atoms with Gasteiger partial charge >= 0.3 is 5.97 Å². The van der Waals surface area contributed by atoms with Crippen molar-refractivity contribution in [3.05, 3.63) is 0 Å². The Morgan fingerprint density at radius 1 is 1.73 bits per heavy atom. The molecule has 0 unspecified atom stereocenters. The standard InChI is InChI=1S/C8H15NO2/c1-2-7-6(3-4-9-7)5-8(10)11/h6-7,9H,2-5H2,1H3,(H,10,11)/t6-,7-/m1/s1. The minimum Gasteiger partial charge on any atom is -0.481 e. The smallest absolute Gasteiger partial charge is 0.303 e. The van der Waals surface area contributed by atoms with E-state index in [1.165, 1.54) is 0 Å². The summed E-state index contributed by atoms with van der Waals surface area (Å²) in [6, 6.07) is 0.436. The number of nitrogens with one attached hydrogen (secondary N) is 1. The largest absolute Gasteiger partial charge is 0.481 e. The minimum atomic E-state index is -0.669. The summed E-state index contributed by atoms with van der Waals surface area (Å²) in [6.07, 6.45) is 2.38. The van der Waals surface area contributed by atoms with Gasteiger partial charge in [0, 0.05) is 12.5 Å². The first-order valence-corrected chi connectivity index (χ1v) is 4.19. The van der Waals surface area contributed by atoms with Crippen molar-refractivity contribution in [3.8, 4) is 0 Å². The highest BCUT2D eigenvalue weighted by Crippen LogP contribution is 2.21. The van der Waals surface area contributed by atoms with Crippen molar-refractivity contribution in [2.24, 2.45) is 5.92 Å². The van der Waals surface area contributed by atoms with E-state index < -0.39 is 5.97 Å². The van der Waals surface area contributed by atoms with Gasteiger partial charge in [-0.1, -0.05) is 6.92 Å². The lowest BCUT2D eigenvalue weighted by molar-refractivity contribution is -0.138. The molecular weight excluding hydrogens is 142 g/mol. The van der Waals surface area contributed by atoms with Gasteiger partial charge in [-0.2, -0.15) is 0 Å². The van der Waals surface area contributed by atoms with Crippen LogP contribution in [0.3, 0.4) is 0 Å². The van der Waals surface area contributed by atoms with Crippen molar-refractivity contribution in [3.63, 3.8) is 0 Å². The average molecular weight is 157 g/mol. The van der Waals surface area contributed by atoms with Crippen LogP contribution in [0.1, 0.15) is 26.2 Å². The fourth-order valence-electron chi connectivity index (χ4n) is 1.77. The maximum atomic E-state index is 10.4. The highest BCUT2D eigenvalue weighted by Gasteiger charge is 2.26. The Morgan fingerprint density at radius 2 is 2.45 bits per heavy atom. The summed E-state index contributed by atoms with van der Waals surface area (Å²) in [5, 5.41) is 11.9. The molecule has 3 nitrogen and oxygen atoms in total. The van der Waals surface area contributed by atoms with Crippen LogP contribution in [-0.2, 0) is 4.79 Å². The van der Waals surface area contributed by atoms with E-state index in [0.717, 1.165) is 19.4 Å². The molecule has 1 heterocycles. The fraction of sp³-hybridized carbons (Fsp3) is 0.875. The maximum absolute atomic E-state index is 10.4. The number of hydrogen-bond donors (Lipinski definition) is 2.